The summed E-state index contributed by atoms with van der Waals surface area (Å²) in [5.74, 6) is -0.979. The van der Waals surface area contributed by atoms with Crippen molar-refractivity contribution in [1.82, 2.24) is 9.21 Å². The zero-order valence-electron chi connectivity index (χ0n) is 16.3. The van der Waals surface area contributed by atoms with Crippen molar-refractivity contribution in [3.63, 3.8) is 0 Å². The lowest BCUT2D eigenvalue weighted by molar-refractivity contribution is -0.144. The van der Waals surface area contributed by atoms with Crippen LogP contribution in [0.15, 0.2) is 59.5 Å². The predicted octanol–water partition coefficient (Wildman–Crippen LogP) is 2.14. The number of nitrogens with zero attached hydrogens (tertiary/aromatic N) is 2. The first-order chi connectivity index (χ1) is 13.2. The van der Waals surface area contributed by atoms with Crippen LogP contribution in [0.2, 0.25) is 0 Å². The third-order valence-electron chi connectivity index (χ3n) is 4.25. The highest BCUT2D eigenvalue weighted by Crippen LogP contribution is 2.23. The van der Waals surface area contributed by atoms with Gasteiger partial charge in [-0.1, -0.05) is 36.4 Å². The predicted molar refractivity (Wildman–Crippen MR) is 105 cm³/mol. The minimum atomic E-state index is -4.07. The Bertz CT molecular complexity index is 942. The summed E-state index contributed by atoms with van der Waals surface area (Å²) in [6.45, 7) is 1.46. The molecule has 7 nitrogen and oxygen atoms in total. The fraction of sp³-hybridized carbons (Fsp3) is 0.300. The average molecular weight is 404 g/mol. The fourth-order valence-electron chi connectivity index (χ4n) is 2.66. The number of hydrogen-bond acceptors (Lipinski definition) is 5. The van der Waals surface area contributed by atoms with E-state index in [0.717, 1.165) is 9.87 Å². The number of ether oxygens (including phenoxy) is 1. The van der Waals surface area contributed by atoms with Crippen LogP contribution in [0.3, 0.4) is 0 Å². The van der Waals surface area contributed by atoms with Gasteiger partial charge in [0.1, 0.15) is 6.04 Å². The third-order valence-corrected chi connectivity index (χ3v) is 6.16. The Morgan fingerprint density at radius 2 is 1.68 bits per heavy atom. The molecule has 8 heteroatoms. The Labute approximate surface area is 165 Å². The van der Waals surface area contributed by atoms with E-state index >= 15 is 0 Å². The molecule has 0 unspecified atom stereocenters. The van der Waals surface area contributed by atoms with E-state index < -0.39 is 22.0 Å². The summed E-state index contributed by atoms with van der Waals surface area (Å²) in [4.78, 5) is 25.6. The minimum absolute atomic E-state index is 0.00864. The molecule has 0 bridgehead atoms. The monoisotopic (exact) mass is 404 g/mol. The number of carbonyl (C=O) groups is 2. The van der Waals surface area contributed by atoms with Crippen molar-refractivity contribution in [2.45, 2.75) is 24.4 Å². The highest BCUT2D eigenvalue weighted by molar-refractivity contribution is 7.89. The van der Waals surface area contributed by atoms with E-state index in [9.17, 15) is 18.0 Å². The van der Waals surface area contributed by atoms with Gasteiger partial charge in [0.25, 0.3) is 5.91 Å². The van der Waals surface area contributed by atoms with Crippen molar-refractivity contribution in [1.29, 1.82) is 0 Å². The van der Waals surface area contributed by atoms with E-state index in [1.54, 1.807) is 44.4 Å². The lowest BCUT2D eigenvalue weighted by atomic mass is 10.2. The number of benzene rings is 2. The molecule has 0 aliphatic heterocycles. The Kier molecular flexibility index (Phi) is 6.93. The van der Waals surface area contributed by atoms with Crippen LogP contribution in [-0.4, -0.2) is 56.7 Å². The molecule has 2 aromatic rings. The second-order valence-corrected chi connectivity index (χ2v) is 8.35. The van der Waals surface area contributed by atoms with E-state index in [-0.39, 0.29) is 22.9 Å². The Morgan fingerprint density at radius 1 is 1.04 bits per heavy atom. The van der Waals surface area contributed by atoms with Crippen LogP contribution in [0.4, 0.5) is 0 Å². The van der Waals surface area contributed by atoms with Gasteiger partial charge in [0.05, 0.1) is 12.0 Å². The molecule has 1 amide bonds. The third kappa shape index (κ3) is 4.76. The lowest BCUT2D eigenvalue weighted by Crippen LogP contribution is -2.43. The van der Waals surface area contributed by atoms with Gasteiger partial charge in [-0.3, -0.25) is 9.59 Å². The van der Waals surface area contributed by atoms with Crippen LogP contribution in [-0.2, 0) is 26.1 Å². The zero-order valence-corrected chi connectivity index (χ0v) is 17.1. The SMILES string of the molecule is COC(=O)[C@H](C)N(Cc1ccccc1)S(=O)(=O)c1cccc(C(=O)N(C)C)c1. The number of sulfonamides is 1. The van der Waals surface area contributed by atoms with Crippen LogP contribution in [0.1, 0.15) is 22.8 Å². The van der Waals surface area contributed by atoms with E-state index in [1.165, 1.54) is 37.1 Å². The van der Waals surface area contributed by atoms with E-state index in [2.05, 4.69) is 0 Å². The molecular weight excluding hydrogens is 380 g/mol. The van der Waals surface area contributed by atoms with Gasteiger partial charge >= 0.3 is 5.97 Å². The Morgan fingerprint density at radius 3 is 2.25 bits per heavy atom. The van der Waals surface area contributed by atoms with Crippen molar-refractivity contribution in [3.8, 4) is 0 Å². The first-order valence-electron chi connectivity index (χ1n) is 8.63. The first-order valence-corrected chi connectivity index (χ1v) is 10.1. The minimum Gasteiger partial charge on any atom is -0.468 e. The number of esters is 1. The number of methoxy groups -OCH3 is 1. The smallest absolute Gasteiger partial charge is 0.323 e. The molecule has 2 aromatic carbocycles. The number of amides is 1. The van der Waals surface area contributed by atoms with Gasteiger partial charge in [-0.15, -0.1) is 0 Å². The molecule has 28 heavy (non-hydrogen) atoms. The molecule has 0 aliphatic carbocycles. The molecule has 0 aliphatic rings. The standard InChI is InChI=1S/C20H24N2O5S/c1-15(20(24)27-4)22(14-16-9-6-5-7-10-16)28(25,26)18-12-8-11-17(13-18)19(23)21(2)3/h5-13,15H,14H2,1-4H3/t15-/m0/s1. The molecule has 0 saturated heterocycles. The first kappa shape index (κ1) is 21.6. The number of hydrogen-bond donors (Lipinski definition) is 0. The van der Waals surface area contributed by atoms with Gasteiger partial charge in [0.15, 0.2) is 0 Å². The summed E-state index contributed by atoms with van der Waals surface area (Å²) in [5.41, 5.74) is 0.971. The van der Waals surface area contributed by atoms with Crippen LogP contribution >= 0.6 is 0 Å². The van der Waals surface area contributed by atoms with Crippen molar-refractivity contribution >= 4 is 21.9 Å². The molecule has 0 radical (unpaired) electrons. The van der Waals surface area contributed by atoms with E-state index in [1.807, 2.05) is 6.07 Å². The van der Waals surface area contributed by atoms with Crippen LogP contribution in [0, 0.1) is 0 Å². The summed E-state index contributed by atoms with van der Waals surface area (Å²) >= 11 is 0. The normalized spacial score (nSPS) is 12.5. The maximum absolute atomic E-state index is 13.3. The lowest BCUT2D eigenvalue weighted by Gasteiger charge is -2.27. The summed E-state index contributed by atoms with van der Waals surface area (Å²) < 4.78 is 32.5. The highest BCUT2D eigenvalue weighted by atomic mass is 32.2. The highest BCUT2D eigenvalue weighted by Gasteiger charge is 2.34. The van der Waals surface area contributed by atoms with E-state index in [0.29, 0.717) is 0 Å². The summed E-state index contributed by atoms with van der Waals surface area (Å²) in [6, 6.07) is 13.7. The Hall–Kier alpha value is -2.71. The van der Waals surface area contributed by atoms with Gasteiger partial charge in [0.2, 0.25) is 10.0 Å². The molecule has 0 fully saturated rings. The second kappa shape index (κ2) is 8.99. The summed E-state index contributed by atoms with van der Waals surface area (Å²) in [5, 5.41) is 0. The molecule has 0 spiro atoms. The molecular formula is C20H24N2O5S. The van der Waals surface area contributed by atoms with Gasteiger partial charge < -0.3 is 9.64 Å². The van der Waals surface area contributed by atoms with Crippen molar-refractivity contribution in [2.75, 3.05) is 21.2 Å². The molecule has 0 N–H and O–H groups in total. The molecule has 150 valence electrons. The van der Waals surface area contributed by atoms with Crippen molar-refractivity contribution in [2.24, 2.45) is 0 Å². The molecule has 2 rings (SSSR count). The fourth-order valence-corrected chi connectivity index (χ4v) is 4.28. The largest absolute Gasteiger partial charge is 0.468 e. The maximum Gasteiger partial charge on any atom is 0.323 e. The molecule has 0 heterocycles. The number of carbonyl (C=O) groups excluding carboxylic acids is 2. The van der Waals surface area contributed by atoms with Crippen LogP contribution in [0.25, 0.3) is 0 Å². The van der Waals surface area contributed by atoms with Crippen LogP contribution < -0.4 is 0 Å². The Balaban J connectivity index is 2.50. The summed E-state index contributed by atoms with van der Waals surface area (Å²) in [6.07, 6.45) is 0. The quantitative estimate of drug-likeness (QED) is 0.660. The molecule has 0 saturated carbocycles. The van der Waals surface area contributed by atoms with Gasteiger partial charge in [0, 0.05) is 26.2 Å². The second-order valence-electron chi connectivity index (χ2n) is 6.46. The maximum atomic E-state index is 13.3. The van der Waals surface area contributed by atoms with E-state index in [4.69, 9.17) is 4.74 Å². The van der Waals surface area contributed by atoms with Crippen molar-refractivity contribution < 1.29 is 22.7 Å². The van der Waals surface area contributed by atoms with Gasteiger partial charge in [-0.05, 0) is 30.7 Å². The molecule has 0 aromatic heterocycles. The zero-order chi connectivity index (χ0) is 20.9. The van der Waals surface area contributed by atoms with Gasteiger partial charge in [-0.2, -0.15) is 4.31 Å². The van der Waals surface area contributed by atoms with Crippen molar-refractivity contribution in [3.05, 3.63) is 65.7 Å². The van der Waals surface area contributed by atoms with Gasteiger partial charge in [-0.25, -0.2) is 8.42 Å². The number of rotatable bonds is 7. The average Bonchev–Trinajstić information content (AvgIpc) is 2.70. The topological polar surface area (TPSA) is 84.0 Å². The molecule has 1 atom stereocenters. The van der Waals surface area contributed by atoms with Crippen LogP contribution in [0.5, 0.6) is 0 Å². The summed E-state index contributed by atoms with van der Waals surface area (Å²) in [7, 11) is 0.313.